The van der Waals surface area contributed by atoms with Crippen molar-refractivity contribution in [3.8, 4) is 11.8 Å². The van der Waals surface area contributed by atoms with Crippen molar-refractivity contribution in [2.24, 2.45) is 0 Å². The van der Waals surface area contributed by atoms with E-state index in [2.05, 4.69) is 10.4 Å². The van der Waals surface area contributed by atoms with Gasteiger partial charge in [-0.1, -0.05) is 40.9 Å². The van der Waals surface area contributed by atoms with Crippen LogP contribution in [0.2, 0.25) is 15.1 Å². The first-order chi connectivity index (χ1) is 13.0. The molecule has 0 aliphatic carbocycles. The van der Waals surface area contributed by atoms with Crippen LogP contribution in [0.5, 0.6) is 0 Å². The molecule has 0 saturated carbocycles. The maximum absolute atomic E-state index is 12.4. The Kier molecular flexibility index (Phi) is 5.82. The van der Waals surface area contributed by atoms with Crippen LogP contribution in [0.3, 0.4) is 0 Å². The summed E-state index contributed by atoms with van der Waals surface area (Å²) in [4.78, 5) is 12.4. The molecule has 1 heterocycles. The van der Waals surface area contributed by atoms with Gasteiger partial charge < -0.3 is 5.32 Å². The lowest BCUT2D eigenvalue weighted by Crippen LogP contribution is -2.14. The van der Waals surface area contributed by atoms with Crippen LogP contribution < -0.4 is 5.32 Å². The zero-order valence-electron chi connectivity index (χ0n) is 13.7. The van der Waals surface area contributed by atoms with Crippen LogP contribution in [0.1, 0.15) is 5.56 Å². The first-order valence-corrected chi connectivity index (χ1v) is 8.79. The summed E-state index contributed by atoms with van der Waals surface area (Å²) in [7, 11) is 0. The van der Waals surface area contributed by atoms with Gasteiger partial charge in [0.15, 0.2) is 0 Å². The summed E-state index contributed by atoms with van der Waals surface area (Å²) >= 11 is 18.0. The molecule has 0 radical (unpaired) electrons. The molecule has 0 aliphatic heterocycles. The number of aromatic nitrogens is 2. The van der Waals surface area contributed by atoms with E-state index in [1.165, 1.54) is 6.08 Å². The molecule has 1 amide bonds. The van der Waals surface area contributed by atoms with E-state index < -0.39 is 5.91 Å². The van der Waals surface area contributed by atoms with Gasteiger partial charge in [-0.25, -0.2) is 4.68 Å². The van der Waals surface area contributed by atoms with Crippen LogP contribution in [0, 0.1) is 11.3 Å². The van der Waals surface area contributed by atoms with Gasteiger partial charge in [-0.3, -0.25) is 4.79 Å². The minimum Gasteiger partial charge on any atom is -0.319 e. The summed E-state index contributed by atoms with van der Waals surface area (Å²) in [6, 6.07) is 13.8. The molecule has 134 valence electrons. The molecule has 0 spiro atoms. The van der Waals surface area contributed by atoms with E-state index in [9.17, 15) is 10.1 Å². The van der Waals surface area contributed by atoms with E-state index in [4.69, 9.17) is 34.8 Å². The maximum atomic E-state index is 12.4. The smallest absolute Gasteiger partial charge is 0.266 e. The predicted molar refractivity (Wildman–Crippen MR) is 107 cm³/mol. The number of hydrogen-bond donors (Lipinski definition) is 1. The Morgan fingerprint density at radius 3 is 2.41 bits per heavy atom. The topological polar surface area (TPSA) is 70.7 Å². The number of hydrogen-bond acceptors (Lipinski definition) is 3. The summed E-state index contributed by atoms with van der Waals surface area (Å²) < 4.78 is 1.61. The molecule has 0 fully saturated rings. The van der Waals surface area contributed by atoms with E-state index in [-0.39, 0.29) is 21.3 Å². The summed E-state index contributed by atoms with van der Waals surface area (Å²) in [6.07, 6.45) is 4.66. The van der Waals surface area contributed by atoms with E-state index in [0.29, 0.717) is 10.6 Å². The molecule has 0 aliphatic rings. The Hall–Kier alpha value is -2.78. The van der Waals surface area contributed by atoms with Crippen LogP contribution in [0.25, 0.3) is 11.8 Å². The fraction of sp³-hybridized carbons (Fsp3) is 0. The Morgan fingerprint density at radius 2 is 1.78 bits per heavy atom. The molecular weight excluding hydrogens is 407 g/mol. The van der Waals surface area contributed by atoms with Crippen molar-refractivity contribution in [2.45, 2.75) is 0 Å². The molecule has 27 heavy (non-hydrogen) atoms. The second-order valence-electron chi connectivity index (χ2n) is 5.42. The average Bonchev–Trinajstić information content (AvgIpc) is 3.12. The van der Waals surface area contributed by atoms with Crippen molar-refractivity contribution in [2.75, 3.05) is 5.32 Å². The fourth-order valence-corrected chi connectivity index (χ4v) is 2.88. The average molecular weight is 418 g/mol. The number of nitriles is 1. The first-order valence-electron chi connectivity index (χ1n) is 7.65. The zero-order valence-corrected chi connectivity index (χ0v) is 15.9. The summed E-state index contributed by atoms with van der Waals surface area (Å²) in [5.74, 6) is -0.619. The first kappa shape index (κ1) is 19.0. The van der Waals surface area contributed by atoms with Crippen molar-refractivity contribution in [3.63, 3.8) is 0 Å². The molecule has 1 aromatic heterocycles. The number of benzene rings is 2. The monoisotopic (exact) mass is 416 g/mol. The van der Waals surface area contributed by atoms with Crippen molar-refractivity contribution in [3.05, 3.63) is 81.1 Å². The third kappa shape index (κ3) is 4.50. The van der Waals surface area contributed by atoms with Gasteiger partial charge in [0.05, 0.1) is 27.6 Å². The van der Waals surface area contributed by atoms with Crippen molar-refractivity contribution in [1.82, 2.24) is 9.78 Å². The highest BCUT2D eigenvalue weighted by atomic mass is 35.5. The van der Waals surface area contributed by atoms with Gasteiger partial charge in [-0.2, -0.15) is 10.4 Å². The van der Waals surface area contributed by atoms with Gasteiger partial charge in [0.25, 0.3) is 5.91 Å². The lowest BCUT2D eigenvalue weighted by atomic mass is 10.2. The lowest BCUT2D eigenvalue weighted by molar-refractivity contribution is -0.112. The Labute approximate surface area is 170 Å². The van der Waals surface area contributed by atoms with Gasteiger partial charge in [0, 0.05) is 16.8 Å². The minimum atomic E-state index is -0.619. The van der Waals surface area contributed by atoms with Gasteiger partial charge in [-0.15, -0.1) is 0 Å². The molecule has 0 unspecified atom stereocenters. The number of nitrogens with zero attached hydrogens (tertiary/aromatic N) is 3. The Balaban J connectivity index is 1.83. The van der Waals surface area contributed by atoms with Crippen LogP contribution in [-0.2, 0) is 4.79 Å². The van der Waals surface area contributed by atoms with Crippen molar-refractivity contribution >= 4 is 52.5 Å². The third-order valence-corrected chi connectivity index (χ3v) is 4.45. The number of para-hydroxylation sites is 1. The van der Waals surface area contributed by atoms with Gasteiger partial charge in [0.1, 0.15) is 11.6 Å². The van der Waals surface area contributed by atoms with Crippen LogP contribution in [0.4, 0.5) is 5.69 Å². The SMILES string of the molecule is N#C/C(=C/c1cnn(-c2ccc(Cl)cc2)c1)C(=O)Nc1c(Cl)cccc1Cl. The zero-order chi connectivity index (χ0) is 19.4. The Bertz CT molecular complexity index is 1050. The molecule has 3 rings (SSSR count). The number of nitrogens with one attached hydrogen (secondary N) is 1. The quantitative estimate of drug-likeness (QED) is 0.458. The number of carbonyl (C=O) groups is 1. The number of halogens is 3. The van der Waals surface area contributed by atoms with Gasteiger partial charge in [-0.05, 0) is 42.5 Å². The molecule has 5 nitrogen and oxygen atoms in total. The minimum absolute atomic E-state index is 0.110. The number of anilines is 1. The standard InChI is InChI=1S/C19H11Cl3N4O/c20-14-4-6-15(7-5-14)26-11-12(10-24-26)8-13(9-23)19(27)25-18-16(21)2-1-3-17(18)22/h1-8,10-11H,(H,25,27)/b13-8-. The molecule has 2 aromatic carbocycles. The molecule has 3 aromatic rings. The van der Waals surface area contributed by atoms with Gasteiger partial charge in [0.2, 0.25) is 0 Å². The highest BCUT2D eigenvalue weighted by Crippen LogP contribution is 2.30. The van der Waals surface area contributed by atoms with Crippen LogP contribution in [-0.4, -0.2) is 15.7 Å². The van der Waals surface area contributed by atoms with Crippen molar-refractivity contribution in [1.29, 1.82) is 5.26 Å². The molecule has 0 bridgehead atoms. The highest BCUT2D eigenvalue weighted by Gasteiger charge is 2.14. The molecule has 0 atom stereocenters. The van der Waals surface area contributed by atoms with Crippen LogP contribution >= 0.6 is 34.8 Å². The van der Waals surface area contributed by atoms with E-state index in [0.717, 1.165) is 5.69 Å². The highest BCUT2D eigenvalue weighted by molar-refractivity contribution is 6.40. The van der Waals surface area contributed by atoms with Crippen molar-refractivity contribution < 1.29 is 4.79 Å². The fourth-order valence-electron chi connectivity index (χ4n) is 2.26. The van der Waals surface area contributed by atoms with E-state index >= 15 is 0 Å². The summed E-state index contributed by atoms with van der Waals surface area (Å²) in [6.45, 7) is 0. The predicted octanol–water partition coefficient (Wildman–Crippen LogP) is 5.38. The molecule has 8 heteroatoms. The number of carbonyl (C=O) groups excluding carboxylic acids is 1. The number of rotatable bonds is 4. The van der Waals surface area contributed by atoms with E-state index in [1.807, 2.05) is 6.07 Å². The second-order valence-corrected chi connectivity index (χ2v) is 6.67. The second kappa shape index (κ2) is 8.28. The Morgan fingerprint density at radius 1 is 1.11 bits per heavy atom. The van der Waals surface area contributed by atoms with E-state index in [1.54, 1.807) is 59.5 Å². The molecular formula is C19H11Cl3N4O. The summed E-state index contributed by atoms with van der Waals surface area (Å²) in [5, 5.41) is 17.3. The molecule has 1 N–H and O–H groups in total. The largest absolute Gasteiger partial charge is 0.319 e. The maximum Gasteiger partial charge on any atom is 0.266 e. The lowest BCUT2D eigenvalue weighted by Gasteiger charge is -2.08. The van der Waals surface area contributed by atoms with Crippen LogP contribution in [0.15, 0.2) is 60.4 Å². The normalized spacial score (nSPS) is 11.1. The third-order valence-electron chi connectivity index (χ3n) is 3.57. The summed E-state index contributed by atoms with van der Waals surface area (Å²) in [5.41, 5.74) is 1.53. The number of amides is 1. The molecule has 0 saturated heterocycles. The van der Waals surface area contributed by atoms with Gasteiger partial charge >= 0.3 is 0 Å².